The van der Waals surface area contributed by atoms with Gasteiger partial charge in [0, 0.05) is 31.7 Å². The molecule has 0 unspecified atom stereocenters. The molecule has 3 aliphatic rings. The van der Waals surface area contributed by atoms with E-state index in [9.17, 15) is 24.3 Å². The highest BCUT2D eigenvalue weighted by Gasteiger charge is 2.75. The third-order valence-corrected chi connectivity index (χ3v) is 9.54. The Morgan fingerprint density at radius 3 is 2.52 bits per heavy atom. The van der Waals surface area contributed by atoms with E-state index in [1.165, 1.54) is 0 Å². The first-order valence-corrected chi connectivity index (χ1v) is 16.6. The summed E-state index contributed by atoms with van der Waals surface area (Å²) < 4.78 is 12.8. The number of hydrogen-bond donors (Lipinski definition) is 2. The van der Waals surface area contributed by atoms with E-state index in [2.05, 4.69) is 18.5 Å². The summed E-state index contributed by atoms with van der Waals surface area (Å²) in [5.41, 5.74) is -0.986. The van der Waals surface area contributed by atoms with Gasteiger partial charge in [-0.25, -0.2) is 0 Å². The first-order chi connectivity index (χ1) is 21.9. The van der Waals surface area contributed by atoms with E-state index in [4.69, 9.17) is 9.47 Å². The lowest BCUT2D eigenvalue weighted by Gasteiger charge is -2.42. The van der Waals surface area contributed by atoms with Crippen molar-refractivity contribution < 1.29 is 33.8 Å². The second-order valence-corrected chi connectivity index (χ2v) is 13.7. The molecule has 0 aliphatic carbocycles. The van der Waals surface area contributed by atoms with Crippen LogP contribution >= 0.6 is 0 Å². The van der Waals surface area contributed by atoms with Crippen molar-refractivity contribution in [3.63, 3.8) is 0 Å². The summed E-state index contributed by atoms with van der Waals surface area (Å²) in [5.74, 6) is -3.02. The van der Waals surface area contributed by atoms with Crippen molar-refractivity contribution in [2.75, 3.05) is 19.7 Å². The van der Waals surface area contributed by atoms with Gasteiger partial charge in [-0.1, -0.05) is 42.5 Å². The van der Waals surface area contributed by atoms with Gasteiger partial charge in [0.15, 0.2) is 0 Å². The van der Waals surface area contributed by atoms with Gasteiger partial charge in [0.25, 0.3) is 0 Å². The van der Waals surface area contributed by atoms with Gasteiger partial charge in [-0.2, -0.15) is 0 Å². The monoisotopic (exact) mass is 637 g/mol. The fraction of sp³-hybridized carbons (Fsp3) is 0.611. The average molecular weight is 638 g/mol. The zero-order valence-electron chi connectivity index (χ0n) is 27.8. The van der Waals surface area contributed by atoms with E-state index in [0.29, 0.717) is 57.2 Å². The molecular formula is C36H51N3O7. The Labute approximate surface area is 273 Å². The molecular weight excluding hydrogens is 586 g/mol. The van der Waals surface area contributed by atoms with Gasteiger partial charge in [0.2, 0.25) is 17.7 Å². The highest BCUT2D eigenvalue weighted by molar-refractivity contribution is 5.98. The van der Waals surface area contributed by atoms with Crippen LogP contribution in [-0.4, -0.2) is 87.6 Å². The molecule has 2 N–H and O–H groups in total. The lowest BCUT2D eigenvalue weighted by Crippen LogP contribution is -2.59. The lowest BCUT2D eigenvalue weighted by molar-refractivity contribution is -0.162. The van der Waals surface area contributed by atoms with E-state index in [1.807, 2.05) is 51.1 Å². The topological polar surface area (TPSA) is 125 Å². The fourth-order valence-corrected chi connectivity index (χ4v) is 7.42. The molecule has 3 aliphatic heterocycles. The van der Waals surface area contributed by atoms with Crippen molar-refractivity contribution in [3.8, 4) is 0 Å². The number of unbranched alkanes of at least 4 members (excludes halogenated alkanes) is 2. The third-order valence-electron chi connectivity index (χ3n) is 9.54. The number of rotatable bonds is 16. The maximum absolute atomic E-state index is 14.5. The van der Waals surface area contributed by atoms with Gasteiger partial charge >= 0.3 is 5.97 Å². The van der Waals surface area contributed by atoms with Crippen LogP contribution in [0.3, 0.4) is 0 Å². The van der Waals surface area contributed by atoms with Crippen molar-refractivity contribution in [2.24, 2.45) is 11.8 Å². The number of likely N-dealkylation sites (tertiary alicyclic amines) is 1. The number of carbonyl (C=O) groups is 4. The van der Waals surface area contributed by atoms with Crippen LogP contribution in [0.4, 0.5) is 0 Å². The highest BCUT2D eigenvalue weighted by atomic mass is 16.6. The zero-order valence-corrected chi connectivity index (χ0v) is 27.8. The molecule has 252 valence electrons. The Morgan fingerprint density at radius 2 is 1.89 bits per heavy atom. The first-order valence-electron chi connectivity index (χ1n) is 16.6. The third kappa shape index (κ3) is 7.08. The van der Waals surface area contributed by atoms with Gasteiger partial charge in [0.05, 0.1) is 24.0 Å². The number of ether oxygens (including phenoxy) is 2. The molecule has 1 spiro atoms. The lowest BCUT2D eigenvalue weighted by atomic mass is 9.70. The van der Waals surface area contributed by atoms with E-state index < -0.39 is 53.2 Å². The largest absolute Gasteiger partial charge is 0.455 e. The minimum absolute atomic E-state index is 0.0500. The highest BCUT2D eigenvalue weighted by Crippen LogP contribution is 2.59. The van der Waals surface area contributed by atoms with Crippen LogP contribution < -0.4 is 5.32 Å². The van der Waals surface area contributed by atoms with Crippen LogP contribution in [0, 0.1) is 11.8 Å². The minimum atomic E-state index is -1.16. The van der Waals surface area contributed by atoms with Crippen LogP contribution in [0.1, 0.15) is 84.3 Å². The SMILES string of the molecule is C=CCCC(=O)N[C@@H](C)[C@H](OC(=O)[C@@H]1[C@H]2C(=O)N(CCCCCO)[C@H](C(=O)N(CC=C)C(C)(C)C)[C@]23CC[C@H]1O3)c1ccccc1. The van der Waals surface area contributed by atoms with Gasteiger partial charge in [-0.05, 0) is 71.8 Å². The van der Waals surface area contributed by atoms with Crippen molar-refractivity contribution in [3.05, 3.63) is 61.2 Å². The van der Waals surface area contributed by atoms with Gasteiger partial charge < -0.3 is 29.7 Å². The molecule has 3 saturated heterocycles. The number of aliphatic hydroxyl groups is 1. The predicted octanol–water partition coefficient (Wildman–Crippen LogP) is 4.09. The van der Waals surface area contributed by atoms with E-state index in [-0.39, 0.29) is 30.7 Å². The van der Waals surface area contributed by atoms with Crippen molar-refractivity contribution in [1.29, 1.82) is 0 Å². The number of nitrogens with zero attached hydrogens (tertiary/aromatic N) is 2. The number of amides is 3. The molecule has 1 aromatic rings. The Hall–Kier alpha value is -3.50. The van der Waals surface area contributed by atoms with Crippen LogP contribution in [0.25, 0.3) is 0 Å². The summed E-state index contributed by atoms with van der Waals surface area (Å²) in [7, 11) is 0. The summed E-state index contributed by atoms with van der Waals surface area (Å²) in [5, 5.41) is 12.3. The molecule has 3 amide bonds. The van der Waals surface area contributed by atoms with Crippen LogP contribution in [0.15, 0.2) is 55.6 Å². The second kappa shape index (κ2) is 14.9. The van der Waals surface area contributed by atoms with Crippen molar-refractivity contribution in [2.45, 2.75) is 108 Å². The Balaban J connectivity index is 1.66. The number of nitrogens with one attached hydrogen (secondary N) is 1. The molecule has 10 nitrogen and oxygen atoms in total. The molecule has 0 saturated carbocycles. The fourth-order valence-electron chi connectivity index (χ4n) is 7.42. The molecule has 2 bridgehead atoms. The summed E-state index contributed by atoms with van der Waals surface area (Å²) >= 11 is 0. The number of aliphatic hydroxyl groups excluding tert-OH is 1. The normalized spacial score (nSPS) is 26.3. The second-order valence-electron chi connectivity index (χ2n) is 13.7. The van der Waals surface area contributed by atoms with Crippen molar-refractivity contribution >= 4 is 23.7 Å². The number of carbonyl (C=O) groups excluding carboxylic acids is 4. The molecule has 3 heterocycles. The van der Waals surface area contributed by atoms with E-state index >= 15 is 0 Å². The number of benzene rings is 1. The molecule has 0 radical (unpaired) electrons. The summed E-state index contributed by atoms with van der Waals surface area (Å²) in [6, 6.07) is 7.78. The number of allylic oxidation sites excluding steroid dienone is 1. The average Bonchev–Trinajstić information content (AvgIpc) is 3.66. The molecule has 0 aromatic heterocycles. The van der Waals surface area contributed by atoms with E-state index in [1.54, 1.807) is 28.9 Å². The quantitative estimate of drug-likeness (QED) is 0.159. The first kappa shape index (κ1) is 35.4. The van der Waals surface area contributed by atoms with Gasteiger partial charge in [-0.3, -0.25) is 19.2 Å². The molecule has 1 aromatic carbocycles. The zero-order chi connectivity index (χ0) is 33.6. The number of fused-ring (bicyclic) bond motifs is 1. The maximum Gasteiger partial charge on any atom is 0.313 e. The summed E-state index contributed by atoms with van der Waals surface area (Å²) in [4.78, 5) is 59.0. The smallest absolute Gasteiger partial charge is 0.313 e. The standard InChI is InChI=1S/C36H51N3O7/c1-7-9-18-27(41)37-24(3)30(25-16-12-10-13-17-25)45-34(44)28-26-19-20-36(46-26)29(28)32(42)38(22-14-11-15-23-40)31(36)33(43)39(21-8-2)35(4,5)6/h7-8,10,12-13,16-17,24,26,28-31,40H,1-2,9,11,14-15,18-23H2,3-6H3,(H,37,41)/t24-,26+,28-,29-,30-,31+,36-/m0/s1. The van der Waals surface area contributed by atoms with Crippen LogP contribution in [0.5, 0.6) is 0 Å². The Bertz CT molecular complexity index is 1280. The Morgan fingerprint density at radius 1 is 1.17 bits per heavy atom. The van der Waals surface area contributed by atoms with Gasteiger partial charge in [0.1, 0.15) is 17.7 Å². The van der Waals surface area contributed by atoms with Crippen LogP contribution in [-0.2, 0) is 28.7 Å². The predicted molar refractivity (Wildman–Crippen MR) is 174 cm³/mol. The maximum atomic E-state index is 14.5. The summed E-state index contributed by atoms with van der Waals surface area (Å²) in [6.07, 6.45) is 5.66. The molecule has 10 heteroatoms. The minimum Gasteiger partial charge on any atom is -0.455 e. The van der Waals surface area contributed by atoms with Gasteiger partial charge in [-0.15, -0.1) is 13.2 Å². The van der Waals surface area contributed by atoms with Crippen LogP contribution in [0.2, 0.25) is 0 Å². The summed E-state index contributed by atoms with van der Waals surface area (Å²) in [6.45, 7) is 15.8. The molecule has 46 heavy (non-hydrogen) atoms. The van der Waals surface area contributed by atoms with Crippen molar-refractivity contribution in [1.82, 2.24) is 15.1 Å². The number of esters is 1. The molecule has 3 fully saturated rings. The van der Waals surface area contributed by atoms with E-state index in [0.717, 1.165) is 0 Å². The number of hydrogen-bond acceptors (Lipinski definition) is 7. The molecule has 7 atom stereocenters. The Kier molecular flexibility index (Phi) is 11.5. The molecule has 4 rings (SSSR count).